The number of hydrogen-bond donors (Lipinski definition) is 1. The van der Waals surface area contributed by atoms with E-state index < -0.39 is 0 Å². The Kier molecular flexibility index (Phi) is 5.86. The van der Waals surface area contributed by atoms with E-state index in [4.69, 9.17) is 4.74 Å². The first-order valence-corrected chi connectivity index (χ1v) is 7.33. The minimum absolute atomic E-state index is 0.0236. The Bertz CT molecular complexity index is 388. The van der Waals surface area contributed by atoms with Crippen LogP contribution < -0.4 is 5.32 Å². The SMILES string of the molecule is CN(CCC[C@@H]1CCCO1)C(=O)NCCn1cccn1. The standard InChI is InChI=1S/C14H24N4O2/c1-17(9-2-5-13-6-3-12-20-13)14(19)15-8-11-18-10-4-7-16-18/h4,7,10,13H,2-3,5-6,8-9,11-12H2,1H3,(H,15,19)/t13-/m1/s1. The molecule has 1 aliphatic rings. The molecule has 2 rings (SSSR count). The first-order valence-electron chi connectivity index (χ1n) is 7.33. The van der Waals surface area contributed by atoms with Gasteiger partial charge in [-0.05, 0) is 31.7 Å². The third-order valence-electron chi connectivity index (χ3n) is 3.57. The number of urea groups is 1. The second-order valence-electron chi connectivity index (χ2n) is 5.20. The zero-order chi connectivity index (χ0) is 14.2. The van der Waals surface area contributed by atoms with Gasteiger partial charge < -0.3 is 15.0 Å². The maximum absolute atomic E-state index is 11.9. The summed E-state index contributed by atoms with van der Waals surface area (Å²) in [5.41, 5.74) is 0. The number of nitrogens with one attached hydrogen (secondary N) is 1. The number of nitrogens with zero attached hydrogens (tertiary/aromatic N) is 3. The normalized spacial score (nSPS) is 18.1. The molecule has 1 atom stereocenters. The van der Waals surface area contributed by atoms with E-state index in [1.54, 1.807) is 15.8 Å². The average molecular weight is 280 g/mol. The smallest absolute Gasteiger partial charge is 0.317 e. The van der Waals surface area contributed by atoms with Gasteiger partial charge in [-0.15, -0.1) is 0 Å². The predicted octanol–water partition coefficient (Wildman–Crippen LogP) is 1.48. The molecule has 6 nitrogen and oxygen atoms in total. The van der Waals surface area contributed by atoms with Gasteiger partial charge in [0.05, 0.1) is 12.6 Å². The molecular formula is C14H24N4O2. The molecule has 1 aliphatic heterocycles. The molecule has 0 radical (unpaired) electrons. The molecule has 1 aromatic heterocycles. The second-order valence-corrected chi connectivity index (χ2v) is 5.20. The fourth-order valence-electron chi connectivity index (χ4n) is 2.37. The zero-order valence-corrected chi connectivity index (χ0v) is 12.1. The number of hydrogen-bond acceptors (Lipinski definition) is 3. The molecular weight excluding hydrogens is 256 g/mol. The summed E-state index contributed by atoms with van der Waals surface area (Å²) in [5.74, 6) is 0. The lowest BCUT2D eigenvalue weighted by atomic mass is 10.1. The Morgan fingerprint density at radius 1 is 1.60 bits per heavy atom. The van der Waals surface area contributed by atoms with Gasteiger partial charge in [-0.1, -0.05) is 0 Å². The fraction of sp³-hybridized carbons (Fsp3) is 0.714. The van der Waals surface area contributed by atoms with Crippen LogP contribution in [0.25, 0.3) is 0 Å². The summed E-state index contributed by atoms with van der Waals surface area (Å²) in [4.78, 5) is 13.6. The zero-order valence-electron chi connectivity index (χ0n) is 12.1. The van der Waals surface area contributed by atoms with Gasteiger partial charge >= 0.3 is 6.03 Å². The first kappa shape index (κ1) is 14.8. The lowest BCUT2D eigenvalue weighted by molar-refractivity contribution is 0.100. The van der Waals surface area contributed by atoms with Crippen LogP contribution in [0.1, 0.15) is 25.7 Å². The van der Waals surface area contributed by atoms with Crippen LogP contribution >= 0.6 is 0 Å². The second kappa shape index (κ2) is 7.89. The Balaban J connectivity index is 1.54. The number of carbonyl (C=O) groups excluding carboxylic acids is 1. The van der Waals surface area contributed by atoms with E-state index in [1.807, 2.05) is 19.3 Å². The van der Waals surface area contributed by atoms with Gasteiger partial charge in [0.15, 0.2) is 0 Å². The van der Waals surface area contributed by atoms with E-state index in [-0.39, 0.29) is 6.03 Å². The highest BCUT2D eigenvalue weighted by atomic mass is 16.5. The summed E-state index contributed by atoms with van der Waals surface area (Å²) in [6, 6.07) is 1.85. The molecule has 0 unspecified atom stereocenters. The highest BCUT2D eigenvalue weighted by molar-refractivity contribution is 5.73. The van der Waals surface area contributed by atoms with Crippen LogP contribution in [0.4, 0.5) is 4.79 Å². The third-order valence-corrected chi connectivity index (χ3v) is 3.57. The minimum Gasteiger partial charge on any atom is -0.378 e. The molecule has 0 bridgehead atoms. The van der Waals surface area contributed by atoms with Crippen LogP contribution in [-0.4, -0.2) is 53.6 Å². The number of amides is 2. The molecule has 1 saturated heterocycles. The van der Waals surface area contributed by atoms with Crippen LogP contribution in [0, 0.1) is 0 Å². The molecule has 20 heavy (non-hydrogen) atoms. The van der Waals surface area contributed by atoms with Crippen LogP contribution in [0.15, 0.2) is 18.5 Å². The molecule has 6 heteroatoms. The maximum atomic E-state index is 11.9. The van der Waals surface area contributed by atoms with Crippen molar-refractivity contribution in [2.75, 3.05) is 26.7 Å². The monoisotopic (exact) mass is 280 g/mol. The van der Waals surface area contributed by atoms with Gasteiger partial charge in [0.2, 0.25) is 0 Å². The molecule has 0 saturated carbocycles. The van der Waals surface area contributed by atoms with Crippen molar-refractivity contribution in [1.29, 1.82) is 0 Å². The maximum Gasteiger partial charge on any atom is 0.317 e. The lowest BCUT2D eigenvalue weighted by Crippen LogP contribution is -2.39. The first-order chi connectivity index (χ1) is 9.75. The predicted molar refractivity (Wildman–Crippen MR) is 76.5 cm³/mol. The van der Waals surface area contributed by atoms with E-state index in [0.29, 0.717) is 19.2 Å². The van der Waals surface area contributed by atoms with Gasteiger partial charge in [0, 0.05) is 39.1 Å². The molecule has 112 valence electrons. The van der Waals surface area contributed by atoms with E-state index in [0.717, 1.165) is 26.0 Å². The fourth-order valence-corrected chi connectivity index (χ4v) is 2.37. The highest BCUT2D eigenvalue weighted by Crippen LogP contribution is 2.16. The van der Waals surface area contributed by atoms with Crippen molar-refractivity contribution in [2.45, 2.75) is 38.3 Å². The van der Waals surface area contributed by atoms with Crippen LogP contribution in [-0.2, 0) is 11.3 Å². The van der Waals surface area contributed by atoms with Crippen molar-refractivity contribution in [1.82, 2.24) is 20.0 Å². The number of aromatic nitrogens is 2. The summed E-state index contributed by atoms with van der Waals surface area (Å²) in [7, 11) is 1.83. The molecule has 0 aromatic carbocycles. The molecule has 0 spiro atoms. The summed E-state index contributed by atoms with van der Waals surface area (Å²) in [6.45, 7) is 2.96. The van der Waals surface area contributed by atoms with Gasteiger partial charge in [-0.3, -0.25) is 4.68 Å². The Labute approximate surface area is 120 Å². The quantitative estimate of drug-likeness (QED) is 0.823. The summed E-state index contributed by atoms with van der Waals surface area (Å²) < 4.78 is 7.38. The molecule has 1 N–H and O–H groups in total. The third kappa shape index (κ3) is 4.85. The van der Waals surface area contributed by atoms with Crippen molar-refractivity contribution in [3.8, 4) is 0 Å². The number of ether oxygens (including phenoxy) is 1. The molecule has 1 aromatic rings. The van der Waals surface area contributed by atoms with E-state index in [1.165, 1.54) is 12.8 Å². The van der Waals surface area contributed by atoms with Crippen LogP contribution in [0.3, 0.4) is 0 Å². The summed E-state index contributed by atoms with van der Waals surface area (Å²) in [6.07, 6.45) is 8.41. The Morgan fingerprint density at radius 2 is 2.50 bits per heavy atom. The highest BCUT2D eigenvalue weighted by Gasteiger charge is 2.15. The van der Waals surface area contributed by atoms with Gasteiger partial charge in [0.25, 0.3) is 0 Å². The minimum atomic E-state index is -0.0236. The van der Waals surface area contributed by atoms with Gasteiger partial charge in [-0.25, -0.2) is 4.79 Å². The lowest BCUT2D eigenvalue weighted by Gasteiger charge is -2.18. The molecule has 0 aliphatic carbocycles. The van der Waals surface area contributed by atoms with Crippen molar-refractivity contribution >= 4 is 6.03 Å². The molecule has 2 heterocycles. The molecule has 1 fully saturated rings. The Morgan fingerprint density at radius 3 is 3.20 bits per heavy atom. The van der Waals surface area contributed by atoms with E-state index in [2.05, 4.69) is 10.4 Å². The summed E-state index contributed by atoms with van der Waals surface area (Å²) in [5, 5.41) is 6.98. The number of rotatable bonds is 7. The average Bonchev–Trinajstić information content (AvgIpc) is 3.11. The van der Waals surface area contributed by atoms with Crippen LogP contribution in [0.5, 0.6) is 0 Å². The van der Waals surface area contributed by atoms with Crippen molar-refractivity contribution in [3.63, 3.8) is 0 Å². The van der Waals surface area contributed by atoms with Crippen molar-refractivity contribution < 1.29 is 9.53 Å². The summed E-state index contributed by atoms with van der Waals surface area (Å²) >= 11 is 0. The van der Waals surface area contributed by atoms with E-state index in [9.17, 15) is 4.79 Å². The Hall–Kier alpha value is -1.56. The van der Waals surface area contributed by atoms with Crippen LogP contribution in [0.2, 0.25) is 0 Å². The van der Waals surface area contributed by atoms with E-state index >= 15 is 0 Å². The van der Waals surface area contributed by atoms with Gasteiger partial charge in [-0.2, -0.15) is 5.10 Å². The largest absolute Gasteiger partial charge is 0.378 e. The number of carbonyl (C=O) groups is 1. The topological polar surface area (TPSA) is 59.4 Å². The molecule has 2 amide bonds. The van der Waals surface area contributed by atoms with Crippen molar-refractivity contribution in [2.24, 2.45) is 0 Å². The van der Waals surface area contributed by atoms with Gasteiger partial charge in [0.1, 0.15) is 0 Å². The van der Waals surface area contributed by atoms with Crippen molar-refractivity contribution in [3.05, 3.63) is 18.5 Å².